The maximum absolute atomic E-state index is 13.5. The van der Waals surface area contributed by atoms with Crippen molar-refractivity contribution in [2.75, 3.05) is 30.0 Å². The quantitative estimate of drug-likeness (QED) is 0.639. The Kier molecular flexibility index (Phi) is 5.17. The van der Waals surface area contributed by atoms with Gasteiger partial charge in [0.15, 0.2) is 0 Å². The van der Waals surface area contributed by atoms with Gasteiger partial charge in [0.1, 0.15) is 29.8 Å². The Hall–Kier alpha value is -3.23. The van der Waals surface area contributed by atoms with E-state index in [0.29, 0.717) is 53.6 Å². The first kappa shape index (κ1) is 19.7. The zero-order valence-corrected chi connectivity index (χ0v) is 17.1. The highest BCUT2D eigenvalue weighted by molar-refractivity contribution is 6.31. The molecule has 2 aromatic carbocycles. The molecule has 0 aliphatic carbocycles. The first-order valence-corrected chi connectivity index (χ1v) is 10.2. The second-order valence-electron chi connectivity index (χ2n) is 7.27. The van der Waals surface area contributed by atoms with E-state index in [0.717, 1.165) is 6.42 Å². The van der Waals surface area contributed by atoms with E-state index in [9.17, 15) is 9.18 Å². The summed E-state index contributed by atoms with van der Waals surface area (Å²) >= 11 is 5.90. The molecule has 0 radical (unpaired) electrons. The van der Waals surface area contributed by atoms with E-state index in [2.05, 4.69) is 15.3 Å². The number of benzene rings is 2. The molecule has 1 N–H and O–H groups in total. The Morgan fingerprint density at radius 3 is 2.90 bits per heavy atom. The van der Waals surface area contributed by atoms with Gasteiger partial charge in [-0.2, -0.15) is 0 Å². The number of carbonyl (C=O) groups excluding carboxylic acids is 1. The third-order valence-corrected chi connectivity index (χ3v) is 5.47. The monoisotopic (exact) mass is 440 g/mol. The van der Waals surface area contributed by atoms with Gasteiger partial charge in [0.2, 0.25) is 0 Å². The van der Waals surface area contributed by atoms with E-state index < -0.39 is 5.82 Å². The minimum Gasteiger partial charge on any atom is -0.486 e. The third-order valence-electron chi connectivity index (χ3n) is 5.19. The summed E-state index contributed by atoms with van der Waals surface area (Å²) in [5, 5.41) is 3.85. The van der Waals surface area contributed by atoms with Crippen LogP contribution in [0.5, 0.6) is 5.75 Å². The van der Waals surface area contributed by atoms with Crippen LogP contribution in [0.3, 0.4) is 0 Å². The van der Waals surface area contributed by atoms with Crippen LogP contribution in [0.15, 0.2) is 48.8 Å². The summed E-state index contributed by atoms with van der Waals surface area (Å²) in [7, 11) is 0. The van der Waals surface area contributed by atoms with Crippen LogP contribution in [-0.4, -0.2) is 41.7 Å². The van der Waals surface area contributed by atoms with Crippen LogP contribution in [0.4, 0.5) is 21.6 Å². The molecule has 3 heterocycles. The molecule has 0 bridgehead atoms. The van der Waals surface area contributed by atoms with E-state index in [1.807, 2.05) is 6.07 Å². The van der Waals surface area contributed by atoms with Crippen molar-refractivity contribution >= 4 is 45.6 Å². The first-order chi connectivity index (χ1) is 15.1. The molecule has 1 amide bonds. The number of anilines is 3. The average Bonchev–Trinajstić information content (AvgIpc) is 3.42. The van der Waals surface area contributed by atoms with Gasteiger partial charge >= 0.3 is 0 Å². The highest BCUT2D eigenvalue weighted by Crippen LogP contribution is 2.38. The summed E-state index contributed by atoms with van der Waals surface area (Å²) in [6.07, 6.45) is 5.47. The fourth-order valence-electron chi connectivity index (χ4n) is 3.63. The van der Waals surface area contributed by atoms with Crippen LogP contribution < -0.4 is 15.0 Å². The molecule has 158 valence electrons. The number of amides is 1. The van der Waals surface area contributed by atoms with Crippen LogP contribution in [0.25, 0.3) is 10.9 Å². The molecule has 3 aromatic rings. The summed E-state index contributed by atoms with van der Waals surface area (Å²) in [5.41, 5.74) is 1.85. The van der Waals surface area contributed by atoms with E-state index in [1.54, 1.807) is 23.1 Å². The van der Waals surface area contributed by atoms with E-state index in [4.69, 9.17) is 21.1 Å². The number of aromatic nitrogens is 2. The van der Waals surface area contributed by atoms with Gasteiger partial charge in [0.05, 0.1) is 29.4 Å². The first-order valence-electron chi connectivity index (χ1n) is 9.82. The lowest BCUT2D eigenvalue weighted by atomic mass is 10.1. The summed E-state index contributed by atoms with van der Waals surface area (Å²) in [6, 6.07) is 7.97. The van der Waals surface area contributed by atoms with Crippen molar-refractivity contribution in [2.45, 2.75) is 12.5 Å². The number of carbonyl (C=O) groups is 1. The summed E-state index contributed by atoms with van der Waals surface area (Å²) in [6.45, 7) is 1.60. The number of nitrogens with one attached hydrogen (secondary N) is 1. The van der Waals surface area contributed by atoms with Gasteiger partial charge in [0, 0.05) is 36.2 Å². The van der Waals surface area contributed by atoms with E-state index >= 15 is 0 Å². The van der Waals surface area contributed by atoms with Crippen molar-refractivity contribution in [3.63, 3.8) is 0 Å². The Morgan fingerprint density at radius 2 is 2.16 bits per heavy atom. The lowest BCUT2D eigenvalue weighted by Crippen LogP contribution is -2.26. The molecule has 5 rings (SSSR count). The van der Waals surface area contributed by atoms with Gasteiger partial charge in [-0.3, -0.25) is 4.79 Å². The third kappa shape index (κ3) is 3.92. The molecule has 0 saturated carbocycles. The van der Waals surface area contributed by atoms with Gasteiger partial charge in [-0.25, -0.2) is 14.4 Å². The van der Waals surface area contributed by atoms with Crippen LogP contribution in [-0.2, 0) is 9.53 Å². The molecule has 9 heteroatoms. The zero-order valence-electron chi connectivity index (χ0n) is 16.3. The molecular formula is C22H18ClFN4O3. The minimum absolute atomic E-state index is 0.00672. The van der Waals surface area contributed by atoms with Crippen LogP contribution in [0, 0.1) is 5.82 Å². The number of rotatable bonds is 5. The molecular weight excluding hydrogens is 423 g/mol. The molecule has 1 fully saturated rings. The highest BCUT2D eigenvalue weighted by Gasteiger charge is 2.25. The van der Waals surface area contributed by atoms with Crippen molar-refractivity contribution in [1.29, 1.82) is 0 Å². The predicted molar refractivity (Wildman–Crippen MR) is 116 cm³/mol. The maximum atomic E-state index is 13.5. The molecule has 1 atom stereocenters. The molecule has 0 spiro atoms. The molecule has 1 saturated heterocycles. The molecule has 2 aliphatic rings. The Morgan fingerprint density at radius 1 is 1.26 bits per heavy atom. The summed E-state index contributed by atoms with van der Waals surface area (Å²) < 4.78 is 25.1. The maximum Gasteiger partial charge on any atom is 0.251 e. The second kappa shape index (κ2) is 8.13. The van der Waals surface area contributed by atoms with Crippen LogP contribution in [0.1, 0.15) is 6.42 Å². The number of halogens is 2. The molecule has 31 heavy (non-hydrogen) atoms. The highest BCUT2D eigenvalue weighted by atomic mass is 35.5. The predicted octanol–water partition coefficient (Wildman–Crippen LogP) is 4.24. The minimum atomic E-state index is -0.500. The summed E-state index contributed by atoms with van der Waals surface area (Å²) in [5.74, 6) is 0.446. The summed E-state index contributed by atoms with van der Waals surface area (Å²) in [4.78, 5) is 22.7. The van der Waals surface area contributed by atoms with Crippen molar-refractivity contribution in [3.05, 3.63) is 59.7 Å². The number of fused-ring (bicyclic) bond motifs is 1. The zero-order chi connectivity index (χ0) is 21.4. The van der Waals surface area contributed by atoms with Gasteiger partial charge in [-0.15, -0.1) is 0 Å². The Balaban J connectivity index is 1.58. The number of hydrogen-bond acceptors (Lipinski definition) is 6. The standard InChI is InChI=1S/C22H18ClFN4O3/c23-16-8-13(3-4-17(16)24)27-22-15-9-19(28-6-1-2-21(28)29)20(10-18(15)25-12-26-22)31-14-5-7-30-11-14/h1-4,8-10,12,14H,5-7,11H2,(H,25,26,27)/t14-/m0/s1. The number of nitrogens with zero attached hydrogens (tertiary/aromatic N) is 3. The van der Waals surface area contributed by atoms with E-state index in [-0.39, 0.29) is 17.0 Å². The lowest BCUT2D eigenvalue weighted by Gasteiger charge is -2.23. The van der Waals surface area contributed by atoms with Crippen molar-refractivity contribution < 1.29 is 18.7 Å². The SMILES string of the molecule is O=C1C=CCN1c1cc2c(Nc3ccc(F)c(Cl)c3)ncnc2cc1O[C@H]1CCOC1. The second-order valence-corrected chi connectivity index (χ2v) is 7.68. The van der Waals surface area contributed by atoms with Crippen molar-refractivity contribution in [3.8, 4) is 5.75 Å². The normalized spacial score (nSPS) is 18.2. The Labute approximate surface area is 182 Å². The van der Waals surface area contributed by atoms with Crippen LogP contribution >= 0.6 is 11.6 Å². The lowest BCUT2D eigenvalue weighted by molar-refractivity contribution is -0.113. The molecule has 2 aliphatic heterocycles. The molecule has 7 nitrogen and oxygen atoms in total. The largest absolute Gasteiger partial charge is 0.486 e. The van der Waals surface area contributed by atoms with Crippen molar-refractivity contribution in [2.24, 2.45) is 0 Å². The van der Waals surface area contributed by atoms with Gasteiger partial charge in [0.25, 0.3) is 5.91 Å². The topological polar surface area (TPSA) is 76.6 Å². The Bertz CT molecular complexity index is 1200. The molecule has 0 unspecified atom stereocenters. The molecule has 1 aromatic heterocycles. The van der Waals surface area contributed by atoms with Crippen molar-refractivity contribution in [1.82, 2.24) is 9.97 Å². The van der Waals surface area contributed by atoms with Gasteiger partial charge in [-0.1, -0.05) is 17.7 Å². The van der Waals surface area contributed by atoms with E-state index in [1.165, 1.54) is 24.5 Å². The van der Waals surface area contributed by atoms with Gasteiger partial charge in [-0.05, 0) is 24.3 Å². The average molecular weight is 441 g/mol. The fraction of sp³-hybridized carbons (Fsp3) is 0.227. The smallest absolute Gasteiger partial charge is 0.251 e. The number of hydrogen-bond donors (Lipinski definition) is 1. The fourth-order valence-corrected chi connectivity index (χ4v) is 3.81. The van der Waals surface area contributed by atoms with Gasteiger partial charge < -0.3 is 19.7 Å². The van der Waals surface area contributed by atoms with Crippen LogP contribution in [0.2, 0.25) is 5.02 Å². The number of ether oxygens (including phenoxy) is 2.